The molecular formula is C17H17BrO4. The van der Waals surface area contributed by atoms with Gasteiger partial charge >= 0.3 is 5.97 Å². The molecule has 2 aromatic rings. The SMILES string of the molecule is COCc1ccc(C(=O)OCCOc2cccc(Br)c2)cc1. The lowest BCUT2D eigenvalue weighted by Gasteiger charge is -2.08. The van der Waals surface area contributed by atoms with Crippen LogP contribution in [-0.4, -0.2) is 26.3 Å². The number of carbonyl (C=O) groups is 1. The number of methoxy groups -OCH3 is 1. The Kier molecular flexibility index (Phi) is 6.43. The number of halogens is 1. The maximum atomic E-state index is 11.9. The molecule has 4 nitrogen and oxygen atoms in total. The molecule has 5 heteroatoms. The minimum Gasteiger partial charge on any atom is -0.490 e. The van der Waals surface area contributed by atoms with Crippen molar-refractivity contribution < 1.29 is 19.0 Å². The summed E-state index contributed by atoms with van der Waals surface area (Å²) < 4.78 is 16.6. The molecule has 0 atom stereocenters. The largest absolute Gasteiger partial charge is 0.490 e. The highest BCUT2D eigenvalue weighted by molar-refractivity contribution is 9.10. The van der Waals surface area contributed by atoms with Crippen molar-refractivity contribution in [3.63, 3.8) is 0 Å². The normalized spacial score (nSPS) is 10.3. The Bertz CT molecular complexity index is 610. The summed E-state index contributed by atoms with van der Waals surface area (Å²) >= 11 is 3.37. The van der Waals surface area contributed by atoms with Gasteiger partial charge in [0.05, 0.1) is 12.2 Å². The van der Waals surface area contributed by atoms with E-state index in [1.807, 2.05) is 36.4 Å². The second-order valence-corrected chi connectivity index (χ2v) is 5.49. The van der Waals surface area contributed by atoms with Crippen LogP contribution in [0.2, 0.25) is 0 Å². The van der Waals surface area contributed by atoms with E-state index in [1.54, 1.807) is 19.2 Å². The first-order valence-electron chi connectivity index (χ1n) is 6.82. The zero-order chi connectivity index (χ0) is 15.8. The molecule has 0 amide bonds. The molecule has 22 heavy (non-hydrogen) atoms. The minimum absolute atomic E-state index is 0.200. The predicted octanol–water partition coefficient (Wildman–Crippen LogP) is 3.83. The molecule has 0 aliphatic rings. The summed E-state index contributed by atoms with van der Waals surface area (Å²) in [4.78, 5) is 11.9. The standard InChI is InChI=1S/C17H17BrO4/c1-20-12-13-5-7-14(8-6-13)17(19)22-10-9-21-16-4-2-3-15(18)11-16/h2-8,11H,9-10,12H2,1H3. The molecular weight excluding hydrogens is 348 g/mol. The van der Waals surface area contributed by atoms with Crippen molar-refractivity contribution in [1.29, 1.82) is 0 Å². The predicted molar refractivity (Wildman–Crippen MR) is 87.1 cm³/mol. The molecule has 2 rings (SSSR count). The third kappa shape index (κ3) is 5.16. The van der Waals surface area contributed by atoms with Gasteiger partial charge in [0.25, 0.3) is 0 Å². The third-order valence-corrected chi connectivity index (χ3v) is 3.38. The molecule has 0 aromatic heterocycles. The van der Waals surface area contributed by atoms with E-state index in [1.165, 1.54) is 0 Å². The van der Waals surface area contributed by atoms with Crippen molar-refractivity contribution in [2.45, 2.75) is 6.61 Å². The van der Waals surface area contributed by atoms with Crippen molar-refractivity contribution >= 4 is 21.9 Å². The van der Waals surface area contributed by atoms with Crippen LogP contribution in [0.15, 0.2) is 53.0 Å². The van der Waals surface area contributed by atoms with E-state index < -0.39 is 0 Å². The van der Waals surface area contributed by atoms with E-state index in [4.69, 9.17) is 14.2 Å². The fourth-order valence-corrected chi connectivity index (χ4v) is 2.22. The molecule has 0 saturated heterocycles. The topological polar surface area (TPSA) is 44.8 Å². The summed E-state index contributed by atoms with van der Waals surface area (Å²) in [7, 11) is 1.63. The molecule has 0 N–H and O–H groups in total. The second-order valence-electron chi connectivity index (χ2n) is 4.57. The van der Waals surface area contributed by atoms with Gasteiger partial charge in [0.1, 0.15) is 19.0 Å². The number of esters is 1. The van der Waals surface area contributed by atoms with E-state index in [2.05, 4.69) is 15.9 Å². The Balaban J connectivity index is 1.75. The highest BCUT2D eigenvalue weighted by Crippen LogP contribution is 2.17. The van der Waals surface area contributed by atoms with Crippen LogP contribution in [0.3, 0.4) is 0 Å². The van der Waals surface area contributed by atoms with Gasteiger partial charge < -0.3 is 14.2 Å². The number of hydrogen-bond donors (Lipinski definition) is 0. The number of hydrogen-bond acceptors (Lipinski definition) is 4. The number of ether oxygens (including phenoxy) is 3. The maximum Gasteiger partial charge on any atom is 0.338 e. The van der Waals surface area contributed by atoms with Gasteiger partial charge in [-0.2, -0.15) is 0 Å². The Morgan fingerprint density at radius 2 is 1.86 bits per heavy atom. The van der Waals surface area contributed by atoms with E-state index in [0.29, 0.717) is 18.8 Å². The fourth-order valence-electron chi connectivity index (χ4n) is 1.84. The summed E-state index contributed by atoms with van der Waals surface area (Å²) in [6.07, 6.45) is 0. The smallest absolute Gasteiger partial charge is 0.338 e. The monoisotopic (exact) mass is 364 g/mol. The lowest BCUT2D eigenvalue weighted by atomic mass is 10.1. The number of rotatable bonds is 7. The van der Waals surface area contributed by atoms with Gasteiger partial charge in [0.2, 0.25) is 0 Å². The van der Waals surface area contributed by atoms with Crippen LogP contribution in [0.5, 0.6) is 5.75 Å². The van der Waals surface area contributed by atoms with Crippen LogP contribution in [0.1, 0.15) is 15.9 Å². The van der Waals surface area contributed by atoms with Crippen molar-refractivity contribution in [3.05, 3.63) is 64.1 Å². The van der Waals surface area contributed by atoms with Crippen molar-refractivity contribution in [3.8, 4) is 5.75 Å². The molecule has 0 saturated carbocycles. The van der Waals surface area contributed by atoms with Gasteiger partial charge in [-0.1, -0.05) is 34.1 Å². The molecule has 0 fully saturated rings. The van der Waals surface area contributed by atoms with E-state index in [9.17, 15) is 4.79 Å². The van der Waals surface area contributed by atoms with Crippen molar-refractivity contribution in [2.24, 2.45) is 0 Å². The van der Waals surface area contributed by atoms with E-state index in [0.717, 1.165) is 15.8 Å². The molecule has 0 radical (unpaired) electrons. The Hall–Kier alpha value is -1.85. The van der Waals surface area contributed by atoms with Gasteiger partial charge in [-0.15, -0.1) is 0 Å². The lowest BCUT2D eigenvalue weighted by Crippen LogP contribution is -2.12. The summed E-state index contributed by atoms with van der Waals surface area (Å²) in [5.74, 6) is 0.371. The first-order valence-corrected chi connectivity index (χ1v) is 7.61. The zero-order valence-corrected chi connectivity index (χ0v) is 13.8. The molecule has 0 bridgehead atoms. The fraction of sp³-hybridized carbons (Fsp3) is 0.235. The zero-order valence-electron chi connectivity index (χ0n) is 12.3. The molecule has 116 valence electrons. The Morgan fingerprint density at radius 1 is 1.09 bits per heavy atom. The average molecular weight is 365 g/mol. The highest BCUT2D eigenvalue weighted by Gasteiger charge is 2.07. The molecule has 0 aliphatic heterocycles. The number of carbonyl (C=O) groups excluding carboxylic acids is 1. The Morgan fingerprint density at radius 3 is 2.55 bits per heavy atom. The van der Waals surface area contributed by atoms with Crippen LogP contribution in [0.25, 0.3) is 0 Å². The molecule has 0 unspecified atom stereocenters. The van der Waals surface area contributed by atoms with E-state index in [-0.39, 0.29) is 12.6 Å². The van der Waals surface area contributed by atoms with Crippen molar-refractivity contribution in [1.82, 2.24) is 0 Å². The Labute approximate surface area is 138 Å². The van der Waals surface area contributed by atoms with Gasteiger partial charge in [0.15, 0.2) is 0 Å². The highest BCUT2D eigenvalue weighted by atomic mass is 79.9. The molecule has 0 heterocycles. The van der Waals surface area contributed by atoms with Crippen LogP contribution < -0.4 is 4.74 Å². The van der Waals surface area contributed by atoms with Crippen LogP contribution in [0.4, 0.5) is 0 Å². The van der Waals surface area contributed by atoms with E-state index >= 15 is 0 Å². The minimum atomic E-state index is -0.359. The van der Waals surface area contributed by atoms with Gasteiger partial charge in [-0.05, 0) is 35.9 Å². The molecule has 0 aliphatic carbocycles. The van der Waals surface area contributed by atoms with Crippen LogP contribution in [0, 0.1) is 0 Å². The summed E-state index contributed by atoms with van der Waals surface area (Å²) in [5, 5.41) is 0. The first-order chi connectivity index (χ1) is 10.7. The summed E-state index contributed by atoms with van der Waals surface area (Å²) in [6.45, 7) is 1.03. The number of benzene rings is 2. The average Bonchev–Trinajstić information content (AvgIpc) is 2.52. The lowest BCUT2D eigenvalue weighted by molar-refractivity contribution is 0.0450. The molecule has 0 spiro atoms. The third-order valence-electron chi connectivity index (χ3n) is 2.88. The quantitative estimate of drug-likeness (QED) is 0.553. The maximum absolute atomic E-state index is 11.9. The molecule has 2 aromatic carbocycles. The second kappa shape index (κ2) is 8.56. The summed E-state index contributed by atoms with van der Waals surface area (Å²) in [5.41, 5.74) is 1.53. The first kappa shape index (κ1) is 16.5. The van der Waals surface area contributed by atoms with Gasteiger partial charge in [-0.25, -0.2) is 4.79 Å². The van der Waals surface area contributed by atoms with Crippen LogP contribution in [-0.2, 0) is 16.1 Å². The summed E-state index contributed by atoms with van der Waals surface area (Å²) in [6, 6.07) is 14.7. The van der Waals surface area contributed by atoms with Gasteiger partial charge in [0, 0.05) is 11.6 Å². The van der Waals surface area contributed by atoms with Crippen molar-refractivity contribution in [2.75, 3.05) is 20.3 Å². The van der Waals surface area contributed by atoms with Crippen LogP contribution >= 0.6 is 15.9 Å². The van der Waals surface area contributed by atoms with Gasteiger partial charge in [-0.3, -0.25) is 0 Å².